The first-order valence-electron chi connectivity index (χ1n) is 5.85. The second-order valence-corrected chi connectivity index (χ2v) is 4.09. The maximum atomic E-state index is 12.2. The molecule has 0 radical (unpaired) electrons. The second kappa shape index (κ2) is 4.45. The topological polar surface area (TPSA) is 72.9 Å². The summed E-state index contributed by atoms with van der Waals surface area (Å²) in [6.07, 6.45) is 0. The molecule has 2 aromatic carbocycles. The third kappa shape index (κ3) is 2.01. The summed E-state index contributed by atoms with van der Waals surface area (Å²) in [4.78, 5) is 16.4. The van der Waals surface area contributed by atoms with Gasteiger partial charge in [-0.25, -0.2) is 14.3 Å². The average Bonchev–Trinajstić information content (AvgIpc) is 2.75. The van der Waals surface area contributed by atoms with Crippen molar-refractivity contribution in [2.45, 2.75) is 0 Å². The van der Waals surface area contributed by atoms with E-state index < -0.39 is 0 Å². The van der Waals surface area contributed by atoms with Crippen LogP contribution in [0.5, 0.6) is 0 Å². The molecule has 19 heavy (non-hydrogen) atoms. The SMILES string of the molecule is Nc1nc2ccccc2n1C(=O)Nc1ccccc1. The van der Waals surface area contributed by atoms with Gasteiger partial charge < -0.3 is 11.1 Å². The van der Waals surface area contributed by atoms with Crippen molar-refractivity contribution < 1.29 is 4.79 Å². The Balaban J connectivity index is 2.00. The van der Waals surface area contributed by atoms with Crippen LogP contribution in [0.4, 0.5) is 16.4 Å². The minimum absolute atomic E-state index is 0.176. The van der Waals surface area contributed by atoms with Gasteiger partial charge in [-0.05, 0) is 24.3 Å². The van der Waals surface area contributed by atoms with Gasteiger partial charge in [0.1, 0.15) is 0 Å². The average molecular weight is 252 g/mol. The molecule has 94 valence electrons. The summed E-state index contributed by atoms with van der Waals surface area (Å²) >= 11 is 0. The summed E-state index contributed by atoms with van der Waals surface area (Å²) in [6.45, 7) is 0. The minimum atomic E-state index is -0.322. The molecule has 0 aliphatic carbocycles. The largest absolute Gasteiger partial charge is 0.369 e. The maximum Gasteiger partial charge on any atom is 0.333 e. The molecule has 3 aromatic rings. The Morgan fingerprint density at radius 1 is 1.05 bits per heavy atom. The van der Waals surface area contributed by atoms with Crippen LogP contribution in [-0.4, -0.2) is 15.6 Å². The highest BCUT2D eigenvalue weighted by molar-refractivity contribution is 5.99. The minimum Gasteiger partial charge on any atom is -0.369 e. The molecule has 3 N–H and O–H groups in total. The van der Waals surface area contributed by atoms with E-state index in [1.54, 1.807) is 0 Å². The Labute approximate surface area is 109 Å². The lowest BCUT2D eigenvalue weighted by molar-refractivity contribution is 0.254. The first-order chi connectivity index (χ1) is 9.25. The quantitative estimate of drug-likeness (QED) is 0.699. The monoisotopic (exact) mass is 252 g/mol. The summed E-state index contributed by atoms with van der Waals surface area (Å²) in [5, 5.41) is 2.78. The Hall–Kier alpha value is -2.82. The van der Waals surface area contributed by atoms with Gasteiger partial charge in [-0.3, -0.25) is 0 Å². The highest BCUT2D eigenvalue weighted by Gasteiger charge is 2.14. The molecule has 0 saturated heterocycles. The predicted octanol–water partition coefficient (Wildman–Crippen LogP) is 2.70. The molecule has 0 aliphatic heterocycles. The number of nitrogens with two attached hydrogens (primary N) is 1. The first-order valence-corrected chi connectivity index (χ1v) is 5.85. The molecule has 1 amide bonds. The molecule has 5 nitrogen and oxygen atoms in total. The number of hydrogen-bond donors (Lipinski definition) is 2. The van der Waals surface area contributed by atoms with Crippen molar-refractivity contribution in [2.75, 3.05) is 11.1 Å². The molecular weight excluding hydrogens is 240 g/mol. The smallest absolute Gasteiger partial charge is 0.333 e. The third-order valence-electron chi connectivity index (χ3n) is 2.81. The zero-order valence-corrected chi connectivity index (χ0v) is 10.1. The molecule has 0 saturated carbocycles. The zero-order valence-electron chi connectivity index (χ0n) is 10.1. The highest BCUT2D eigenvalue weighted by atomic mass is 16.2. The number of imidazole rings is 1. The Morgan fingerprint density at radius 3 is 2.53 bits per heavy atom. The number of hydrogen-bond acceptors (Lipinski definition) is 3. The van der Waals surface area contributed by atoms with E-state index in [2.05, 4.69) is 10.3 Å². The summed E-state index contributed by atoms with van der Waals surface area (Å²) in [5.41, 5.74) is 7.90. The van der Waals surface area contributed by atoms with Gasteiger partial charge in [0.15, 0.2) is 0 Å². The van der Waals surface area contributed by atoms with E-state index in [9.17, 15) is 4.79 Å². The number of nitrogens with one attached hydrogen (secondary N) is 1. The lowest BCUT2D eigenvalue weighted by Gasteiger charge is -2.07. The number of benzene rings is 2. The number of nitrogens with zero attached hydrogens (tertiary/aromatic N) is 2. The van der Waals surface area contributed by atoms with Gasteiger partial charge in [0.2, 0.25) is 5.95 Å². The number of anilines is 2. The van der Waals surface area contributed by atoms with E-state index in [1.165, 1.54) is 4.57 Å². The maximum absolute atomic E-state index is 12.2. The predicted molar refractivity (Wildman–Crippen MR) is 75.0 cm³/mol. The van der Waals surface area contributed by atoms with E-state index in [-0.39, 0.29) is 12.0 Å². The van der Waals surface area contributed by atoms with Crippen LogP contribution in [0.25, 0.3) is 11.0 Å². The van der Waals surface area contributed by atoms with Gasteiger partial charge in [-0.2, -0.15) is 0 Å². The van der Waals surface area contributed by atoms with Crippen LogP contribution >= 0.6 is 0 Å². The van der Waals surface area contributed by atoms with E-state index in [1.807, 2.05) is 54.6 Å². The zero-order chi connectivity index (χ0) is 13.2. The second-order valence-electron chi connectivity index (χ2n) is 4.09. The fourth-order valence-electron chi connectivity index (χ4n) is 1.96. The molecule has 3 rings (SSSR count). The van der Waals surface area contributed by atoms with Crippen molar-refractivity contribution in [2.24, 2.45) is 0 Å². The van der Waals surface area contributed by atoms with Crippen LogP contribution < -0.4 is 11.1 Å². The number of nitrogen functional groups attached to an aromatic ring is 1. The molecule has 0 atom stereocenters. The van der Waals surface area contributed by atoms with Gasteiger partial charge in [-0.15, -0.1) is 0 Å². The third-order valence-corrected chi connectivity index (χ3v) is 2.81. The standard InChI is InChI=1S/C14H12N4O/c15-13-17-11-8-4-5-9-12(11)18(13)14(19)16-10-6-2-1-3-7-10/h1-9H,(H2,15,17)(H,16,19). The molecule has 0 aliphatic rings. The molecular formula is C14H12N4O. The number of amides is 1. The summed E-state index contributed by atoms with van der Waals surface area (Å²) in [6, 6.07) is 16.2. The number of aromatic nitrogens is 2. The molecule has 1 aromatic heterocycles. The first kappa shape index (κ1) is 11.3. The lowest BCUT2D eigenvalue weighted by Crippen LogP contribution is -2.20. The fraction of sp³-hybridized carbons (Fsp3) is 0. The van der Waals surface area contributed by atoms with E-state index in [0.717, 1.165) is 0 Å². The Morgan fingerprint density at radius 2 is 1.74 bits per heavy atom. The molecule has 1 heterocycles. The lowest BCUT2D eigenvalue weighted by atomic mass is 10.3. The van der Waals surface area contributed by atoms with E-state index in [4.69, 9.17) is 5.73 Å². The van der Waals surface area contributed by atoms with Crippen molar-refractivity contribution in [3.63, 3.8) is 0 Å². The number of para-hydroxylation sites is 3. The highest BCUT2D eigenvalue weighted by Crippen LogP contribution is 2.18. The summed E-state index contributed by atoms with van der Waals surface area (Å²) in [5.74, 6) is 0.176. The molecule has 0 spiro atoms. The van der Waals surface area contributed by atoms with Crippen molar-refractivity contribution in [1.29, 1.82) is 0 Å². The van der Waals surface area contributed by atoms with Gasteiger partial charge in [0.25, 0.3) is 0 Å². The summed E-state index contributed by atoms with van der Waals surface area (Å²) in [7, 11) is 0. The van der Waals surface area contributed by atoms with Crippen molar-refractivity contribution >= 4 is 28.7 Å². The fourth-order valence-corrected chi connectivity index (χ4v) is 1.96. The molecule has 0 unspecified atom stereocenters. The number of rotatable bonds is 1. The van der Waals surface area contributed by atoms with Crippen LogP contribution in [0.3, 0.4) is 0 Å². The van der Waals surface area contributed by atoms with Gasteiger partial charge in [0, 0.05) is 5.69 Å². The molecule has 0 fully saturated rings. The van der Waals surface area contributed by atoms with Gasteiger partial charge >= 0.3 is 6.03 Å². The van der Waals surface area contributed by atoms with Crippen molar-refractivity contribution in [3.8, 4) is 0 Å². The van der Waals surface area contributed by atoms with Crippen LogP contribution in [-0.2, 0) is 0 Å². The van der Waals surface area contributed by atoms with Gasteiger partial charge in [0.05, 0.1) is 11.0 Å². The van der Waals surface area contributed by atoms with E-state index in [0.29, 0.717) is 16.7 Å². The van der Waals surface area contributed by atoms with Crippen LogP contribution in [0, 0.1) is 0 Å². The number of fused-ring (bicyclic) bond motifs is 1. The molecule has 5 heteroatoms. The molecule has 0 bridgehead atoms. The number of carbonyl (C=O) groups is 1. The van der Waals surface area contributed by atoms with Crippen LogP contribution in [0.1, 0.15) is 0 Å². The summed E-state index contributed by atoms with van der Waals surface area (Å²) < 4.78 is 1.36. The van der Waals surface area contributed by atoms with Crippen LogP contribution in [0.15, 0.2) is 54.6 Å². The normalized spacial score (nSPS) is 10.5. The van der Waals surface area contributed by atoms with E-state index >= 15 is 0 Å². The van der Waals surface area contributed by atoms with Crippen molar-refractivity contribution in [1.82, 2.24) is 9.55 Å². The Kier molecular flexibility index (Phi) is 2.64. The van der Waals surface area contributed by atoms with Crippen molar-refractivity contribution in [3.05, 3.63) is 54.6 Å². The van der Waals surface area contributed by atoms with Gasteiger partial charge in [-0.1, -0.05) is 30.3 Å². The Bertz CT molecular complexity index is 734. The van der Waals surface area contributed by atoms with Crippen LogP contribution in [0.2, 0.25) is 0 Å². The number of carbonyl (C=O) groups excluding carboxylic acids is 1.